The van der Waals surface area contributed by atoms with E-state index in [1.54, 1.807) is 17.7 Å². The summed E-state index contributed by atoms with van der Waals surface area (Å²) in [7, 11) is 1.46. The Morgan fingerprint density at radius 1 is 1.56 bits per heavy atom. The second-order valence-electron chi connectivity index (χ2n) is 3.54. The first-order chi connectivity index (χ1) is 7.45. The highest BCUT2D eigenvalue weighted by molar-refractivity contribution is 5.94. The number of amides is 1. The number of hydrogen-bond donors (Lipinski definition) is 1. The van der Waals surface area contributed by atoms with E-state index < -0.39 is 5.97 Å². The van der Waals surface area contributed by atoms with Gasteiger partial charge in [0.15, 0.2) is 0 Å². The van der Waals surface area contributed by atoms with Crippen molar-refractivity contribution in [1.82, 2.24) is 14.7 Å². The SMILES string of the molecule is CCn1nc(C)cc1C(=O)N(C)CC(=O)O. The summed E-state index contributed by atoms with van der Waals surface area (Å²) in [6.07, 6.45) is 0. The van der Waals surface area contributed by atoms with E-state index in [1.165, 1.54) is 7.05 Å². The molecule has 1 amide bonds. The minimum absolute atomic E-state index is 0.313. The van der Waals surface area contributed by atoms with Crippen LogP contribution in [0.25, 0.3) is 0 Å². The van der Waals surface area contributed by atoms with Crippen molar-refractivity contribution in [2.75, 3.05) is 13.6 Å². The molecule has 1 aromatic heterocycles. The van der Waals surface area contributed by atoms with Crippen LogP contribution in [0.4, 0.5) is 0 Å². The number of likely N-dealkylation sites (N-methyl/N-ethyl adjacent to an activating group) is 1. The minimum Gasteiger partial charge on any atom is -0.480 e. The van der Waals surface area contributed by atoms with Crippen molar-refractivity contribution in [2.45, 2.75) is 20.4 Å². The summed E-state index contributed by atoms with van der Waals surface area (Å²) in [6.45, 7) is 3.93. The highest BCUT2D eigenvalue weighted by atomic mass is 16.4. The van der Waals surface area contributed by atoms with Crippen LogP contribution in [0.1, 0.15) is 23.1 Å². The van der Waals surface area contributed by atoms with Crippen LogP contribution >= 0.6 is 0 Å². The van der Waals surface area contributed by atoms with Crippen molar-refractivity contribution in [2.24, 2.45) is 0 Å². The average molecular weight is 225 g/mol. The van der Waals surface area contributed by atoms with Gasteiger partial charge in [-0.2, -0.15) is 5.10 Å². The first-order valence-electron chi connectivity index (χ1n) is 4.97. The number of carboxylic acid groups (broad SMARTS) is 1. The van der Waals surface area contributed by atoms with Crippen molar-refractivity contribution in [1.29, 1.82) is 0 Å². The summed E-state index contributed by atoms with van der Waals surface area (Å²) in [6, 6.07) is 1.66. The van der Waals surface area contributed by atoms with Crippen LogP contribution in [0, 0.1) is 6.92 Å². The Bertz CT molecular complexity index is 411. The molecule has 1 rings (SSSR count). The normalized spacial score (nSPS) is 10.2. The molecule has 1 N–H and O–H groups in total. The van der Waals surface area contributed by atoms with Crippen LogP contribution in [0.2, 0.25) is 0 Å². The van der Waals surface area contributed by atoms with Crippen molar-refractivity contribution >= 4 is 11.9 Å². The molecule has 0 spiro atoms. The number of aromatic nitrogens is 2. The maximum absolute atomic E-state index is 11.9. The lowest BCUT2D eigenvalue weighted by molar-refractivity contribution is -0.137. The van der Waals surface area contributed by atoms with Gasteiger partial charge in [-0.15, -0.1) is 0 Å². The lowest BCUT2D eigenvalue weighted by Gasteiger charge is -2.14. The van der Waals surface area contributed by atoms with E-state index in [0.29, 0.717) is 12.2 Å². The average Bonchev–Trinajstić information content (AvgIpc) is 2.57. The van der Waals surface area contributed by atoms with Gasteiger partial charge in [0, 0.05) is 13.6 Å². The largest absolute Gasteiger partial charge is 0.480 e. The molecule has 0 aliphatic heterocycles. The predicted molar refractivity (Wildman–Crippen MR) is 57.2 cm³/mol. The van der Waals surface area contributed by atoms with Crippen LogP contribution in [-0.2, 0) is 11.3 Å². The molecule has 6 heteroatoms. The molecule has 1 heterocycles. The second-order valence-corrected chi connectivity index (χ2v) is 3.54. The number of aryl methyl sites for hydroxylation is 2. The number of carbonyl (C=O) groups is 2. The quantitative estimate of drug-likeness (QED) is 0.803. The van der Waals surface area contributed by atoms with Crippen LogP contribution in [0.5, 0.6) is 0 Å². The molecule has 0 fully saturated rings. The number of carboxylic acids is 1. The van der Waals surface area contributed by atoms with Gasteiger partial charge in [-0.1, -0.05) is 0 Å². The van der Waals surface area contributed by atoms with E-state index in [2.05, 4.69) is 5.10 Å². The van der Waals surface area contributed by atoms with Crippen molar-refractivity contribution < 1.29 is 14.7 Å². The molecule has 0 bridgehead atoms. The van der Waals surface area contributed by atoms with Crippen LogP contribution < -0.4 is 0 Å². The van der Waals surface area contributed by atoms with Crippen molar-refractivity contribution in [3.8, 4) is 0 Å². The fraction of sp³-hybridized carbons (Fsp3) is 0.500. The fourth-order valence-electron chi connectivity index (χ4n) is 1.43. The maximum atomic E-state index is 11.9. The molecule has 0 saturated heterocycles. The molecule has 0 radical (unpaired) electrons. The molecule has 0 unspecified atom stereocenters. The molecule has 88 valence electrons. The Morgan fingerprint density at radius 3 is 2.69 bits per heavy atom. The highest BCUT2D eigenvalue weighted by Crippen LogP contribution is 2.06. The molecule has 0 aromatic carbocycles. The maximum Gasteiger partial charge on any atom is 0.323 e. The predicted octanol–water partition coefficient (Wildman–Crippen LogP) is 0.368. The highest BCUT2D eigenvalue weighted by Gasteiger charge is 2.18. The smallest absolute Gasteiger partial charge is 0.323 e. The number of nitrogens with zero attached hydrogens (tertiary/aromatic N) is 3. The molecular formula is C10H15N3O3. The molecule has 0 aliphatic rings. The topological polar surface area (TPSA) is 75.4 Å². The van der Waals surface area contributed by atoms with E-state index in [0.717, 1.165) is 10.6 Å². The Hall–Kier alpha value is -1.85. The summed E-state index contributed by atoms with van der Waals surface area (Å²) >= 11 is 0. The van der Waals surface area contributed by atoms with Gasteiger partial charge >= 0.3 is 5.97 Å². The van der Waals surface area contributed by atoms with E-state index in [1.807, 2.05) is 6.92 Å². The number of aliphatic carboxylic acids is 1. The zero-order valence-corrected chi connectivity index (χ0v) is 9.60. The Labute approximate surface area is 93.5 Å². The lowest BCUT2D eigenvalue weighted by atomic mass is 10.3. The number of hydrogen-bond acceptors (Lipinski definition) is 3. The Morgan fingerprint density at radius 2 is 2.19 bits per heavy atom. The van der Waals surface area contributed by atoms with Gasteiger partial charge in [-0.05, 0) is 19.9 Å². The fourth-order valence-corrected chi connectivity index (χ4v) is 1.43. The molecule has 16 heavy (non-hydrogen) atoms. The first kappa shape index (κ1) is 12.2. The number of rotatable bonds is 4. The van der Waals surface area contributed by atoms with Gasteiger partial charge in [0.25, 0.3) is 5.91 Å². The van der Waals surface area contributed by atoms with Gasteiger partial charge in [-0.25, -0.2) is 0 Å². The molecule has 0 saturated carbocycles. The van der Waals surface area contributed by atoms with Gasteiger partial charge < -0.3 is 10.0 Å². The van der Waals surface area contributed by atoms with Crippen LogP contribution in [-0.4, -0.2) is 45.3 Å². The summed E-state index contributed by atoms with van der Waals surface area (Å²) in [4.78, 5) is 23.5. The van der Waals surface area contributed by atoms with Gasteiger partial charge in [0.2, 0.25) is 0 Å². The monoisotopic (exact) mass is 225 g/mol. The first-order valence-corrected chi connectivity index (χ1v) is 4.97. The third kappa shape index (κ3) is 2.59. The summed E-state index contributed by atoms with van der Waals surface area (Å²) in [5.41, 5.74) is 1.16. The summed E-state index contributed by atoms with van der Waals surface area (Å²) < 4.78 is 1.57. The molecule has 0 aliphatic carbocycles. The third-order valence-corrected chi connectivity index (χ3v) is 2.14. The van der Waals surface area contributed by atoms with Crippen LogP contribution in [0.15, 0.2) is 6.07 Å². The van der Waals surface area contributed by atoms with Crippen LogP contribution in [0.3, 0.4) is 0 Å². The summed E-state index contributed by atoms with van der Waals surface area (Å²) in [5.74, 6) is -1.36. The van der Waals surface area contributed by atoms with E-state index in [4.69, 9.17) is 5.11 Å². The Kier molecular flexibility index (Phi) is 3.65. The molecule has 1 aromatic rings. The van der Waals surface area contributed by atoms with E-state index >= 15 is 0 Å². The van der Waals surface area contributed by atoms with E-state index in [-0.39, 0.29) is 12.5 Å². The van der Waals surface area contributed by atoms with Crippen molar-refractivity contribution in [3.63, 3.8) is 0 Å². The van der Waals surface area contributed by atoms with Gasteiger partial charge in [-0.3, -0.25) is 14.3 Å². The lowest BCUT2D eigenvalue weighted by Crippen LogP contribution is -2.33. The zero-order chi connectivity index (χ0) is 12.3. The molecular weight excluding hydrogens is 210 g/mol. The number of carbonyl (C=O) groups excluding carboxylic acids is 1. The molecule has 0 atom stereocenters. The molecule has 6 nitrogen and oxygen atoms in total. The third-order valence-electron chi connectivity index (χ3n) is 2.14. The standard InChI is InChI=1S/C10H15N3O3/c1-4-13-8(5-7(2)11-13)10(16)12(3)6-9(14)15/h5H,4,6H2,1-3H3,(H,14,15). The Balaban J connectivity index is 2.90. The summed E-state index contributed by atoms with van der Waals surface area (Å²) in [5, 5.41) is 12.7. The van der Waals surface area contributed by atoms with Crippen molar-refractivity contribution in [3.05, 3.63) is 17.5 Å². The minimum atomic E-state index is -1.03. The second kappa shape index (κ2) is 4.78. The zero-order valence-electron chi connectivity index (χ0n) is 9.60. The van der Waals surface area contributed by atoms with E-state index in [9.17, 15) is 9.59 Å². The van der Waals surface area contributed by atoms with Gasteiger partial charge in [0.1, 0.15) is 12.2 Å². The van der Waals surface area contributed by atoms with Gasteiger partial charge in [0.05, 0.1) is 5.69 Å².